The molecule has 0 saturated carbocycles. The fourth-order valence-corrected chi connectivity index (χ4v) is 1.76. The van der Waals surface area contributed by atoms with Crippen molar-refractivity contribution in [1.29, 1.82) is 0 Å². The minimum Gasteiger partial charge on any atom is -0.384 e. The summed E-state index contributed by atoms with van der Waals surface area (Å²) in [5, 5.41) is 4.03. The van der Waals surface area contributed by atoms with Crippen molar-refractivity contribution in [2.75, 3.05) is 12.0 Å². The summed E-state index contributed by atoms with van der Waals surface area (Å²) in [6.07, 6.45) is 1.17. The Balaban J connectivity index is 2.92. The number of aromatic nitrogens is 2. The van der Waals surface area contributed by atoms with E-state index < -0.39 is 9.84 Å². The van der Waals surface area contributed by atoms with E-state index in [1.165, 1.54) is 6.26 Å². The molecule has 0 spiro atoms. The van der Waals surface area contributed by atoms with E-state index in [4.69, 9.17) is 5.73 Å². The molecule has 13 heavy (non-hydrogen) atoms. The summed E-state index contributed by atoms with van der Waals surface area (Å²) >= 11 is 0. The monoisotopic (exact) mass is 203 g/mol. The van der Waals surface area contributed by atoms with E-state index in [2.05, 4.69) is 5.10 Å². The van der Waals surface area contributed by atoms with Gasteiger partial charge in [0.1, 0.15) is 5.82 Å². The van der Waals surface area contributed by atoms with Crippen LogP contribution in [-0.2, 0) is 22.1 Å². The summed E-state index contributed by atoms with van der Waals surface area (Å²) < 4.78 is 23.4. The lowest BCUT2D eigenvalue weighted by molar-refractivity contribution is 0.598. The van der Waals surface area contributed by atoms with Gasteiger partial charge in [0.25, 0.3) is 0 Å². The average molecular weight is 203 g/mol. The van der Waals surface area contributed by atoms with Crippen LogP contribution in [0.2, 0.25) is 0 Å². The Morgan fingerprint density at radius 1 is 1.62 bits per heavy atom. The summed E-state index contributed by atoms with van der Waals surface area (Å²) in [4.78, 5) is 0. The van der Waals surface area contributed by atoms with Gasteiger partial charge in [-0.3, -0.25) is 4.68 Å². The normalized spacial score (nSPS) is 11.8. The van der Waals surface area contributed by atoms with Gasteiger partial charge in [0.2, 0.25) is 0 Å². The Labute approximate surface area is 77.5 Å². The van der Waals surface area contributed by atoms with Gasteiger partial charge >= 0.3 is 0 Å². The number of hydrogen-bond donors (Lipinski definition) is 1. The molecule has 0 aliphatic heterocycles. The summed E-state index contributed by atoms with van der Waals surface area (Å²) in [5.41, 5.74) is 6.08. The molecule has 6 heteroatoms. The van der Waals surface area contributed by atoms with Gasteiger partial charge in [-0.15, -0.1) is 0 Å². The molecular formula is C7H13N3O2S. The predicted molar refractivity (Wildman–Crippen MR) is 50.9 cm³/mol. The first-order valence-electron chi connectivity index (χ1n) is 3.92. The molecule has 0 aliphatic rings. The van der Waals surface area contributed by atoms with E-state index in [1.54, 1.807) is 10.7 Å². The van der Waals surface area contributed by atoms with E-state index >= 15 is 0 Å². The molecule has 0 aromatic carbocycles. The van der Waals surface area contributed by atoms with Crippen LogP contribution in [0.25, 0.3) is 0 Å². The van der Waals surface area contributed by atoms with Gasteiger partial charge in [-0.25, -0.2) is 8.42 Å². The maximum absolute atomic E-state index is 10.9. The molecule has 1 heterocycles. The average Bonchev–Trinajstić information content (AvgIpc) is 2.26. The van der Waals surface area contributed by atoms with Crippen molar-refractivity contribution >= 4 is 15.7 Å². The Bertz CT molecular complexity index is 394. The van der Waals surface area contributed by atoms with Crippen LogP contribution in [0.3, 0.4) is 0 Å². The highest BCUT2D eigenvalue weighted by Gasteiger charge is 2.09. The van der Waals surface area contributed by atoms with Crippen molar-refractivity contribution < 1.29 is 8.42 Å². The second-order valence-electron chi connectivity index (χ2n) is 2.95. The number of anilines is 1. The van der Waals surface area contributed by atoms with Gasteiger partial charge in [0.15, 0.2) is 9.84 Å². The van der Waals surface area contributed by atoms with Crippen molar-refractivity contribution in [3.8, 4) is 0 Å². The zero-order valence-corrected chi connectivity index (χ0v) is 8.50. The maximum Gasteiger partial charge on any atom is 0.153 e. The Morgan fingerprint density at radius 3 is 2.62 bits per heavy atom. The lowest BCUT2D eigenvalue weighted by Gasteiger charge is -1.96. The van der Waals surface area contributed by atoms with Crippen LogP contribution in [0, 0.1) is 0 Å². The zero-order valence-electron chi connectivity index (χ0n) is 7.69. The van der Waals surface area contributed by atoms with Crippen molar-refractivity contribution in [2.24, 2.45) is 0 Å². The molecule has 0 unspecified atom stereocenters. The third kappa shape index (κ3) is 2.73. The first kappa shape index (κ1) is 10.0. The van der Waals surface area contributed by atoms with E-state index in [-0.39, 0.29) is 5.75 Å². The highest BCUT2D eigenvalue weighted by Crippen LogP contribution is 2.08. The summed E-state index contributed by atoms with van der Waals surface area (Å²) in [5.74, 6) is 0.450. The van der Waals surface area contributed by atoms with Crippen LogP contribution in [0.1, 0.15) is 12.6 Å². The van der Waals surface area contributed by atoms with E-state index in [1.807, 2.05) is 6.92 Å². The first-order valence-corrected chi connectivity index (χ1v) is 5.98. The third-order valence-corrected chi connectivity index (χ3v) is 2.39. The number of sulfone groups is 1. The number of rotatable bonds is 3. The molecular weight excluding hydrogens is 190 g/mol. The number of hydrogen-bond acceptors (Lipinski definition) is 4. The lowest BCUT2D eigenvalue weighted by atomic mass is 10.5. The lowest BCUT2D eigenvalue weighted by Crippen LogP contribution is -2.04. The van der Waals surface area contributed by atoms with Gasteiger partial charge in [-0.2, -0.15) is 5.10 Å². The van der Waals surface area contributed by atoms with Gasteiger partial charge in [-0.1, -0.05) is 0 Å². The van der Waals surface area contributed by atoms with Crippen LogP contribution in [-0.4, -0.2) is 24.5 Å². The van der Waals surface area contributed by atoms with Crippen LogP contribution < -0.4 is 5.73 Å². The van der Waals surface area contributed by atoms with Gasteiger partial charge in [0, 0.05) is 18.9 Å². The number of nitrogens with two attached hydrogens (primary N) is 1. The molecule has 0 saturated heterocycles. The Morgan fingerprint density at radius 2 is 2.23 bits per heavy atom. The maximum atomic E-state index is 10.9. The molecule has 0 atom stereocenters. The van der Waals surface area contributed by atoms with E-state index in [9.17, 15) is 8.42 Å². The SMILES string of the molecule is CCn1nc(CS(C)(=O)=O)cc1N. The molecule has 0 bridgehead atoms. The Hall–Kier alpha value is -1.04. The fraction of sp³-hybridized carbons (Fsp3) is 0.571. The van der Waals surface area contributed by atoms with E-state index in [0.717, 1.165) is 0 Å². The molecule has 74 valence electrons. The highest BCUT2D eigenvalue weighted by molar-refractivity contribution is 7.89. The second kappa shape index (κ2) is 3.37. The summed E-state index contributed by atoms with van der Waals surface area (Å²) in [7, 11) is -3.02. The molecule has 0 aliphatic carbocycles. The molecule has 0 amide bonds. The van der Waals surface area contributed by atoms with E-state index in [0.29, 0.717) is 18.1 Å². The Kier molecular flexibility index (Phi) is 2.60. The minimum atomic E-state index is -3.02. The van der Waals surface area contributed by atoms with Crippen molar-refractivity contribution in [1.82, 2.24) is 9.78 Å². The molecule has 0 radical (unpaired) electrons. The molecule has 1 rings (SSSR count). The van der Waals surface area contributed by atoms with Crippen LogP contribution in [0.15, 0.2) is 6.07 Å². The second-order valence-corrected chi connectivity index (χ2v) is 5.09. The number of aryl methyl sites for hydroxylation is 1. The third-order valence-electron chi connectivity index (χ3n) is 1.57. The van der Waals surface area contributed by atoms with Crippen molar-refractivity contribution in [3.05, 3.63) is 11.8 Å². The summed E-state index contributed by atoms with van der Waals surface area (Å²) in [6.45, 7) is 2.54. The van der Waals surface area contributed by atoms with Crippen molar-refractivity contribution in [3.63, 3.8) is 0 Å². The predicted octanol–water partition coefficient (Wildman–Crippen LogP) is 0.0298. The standard InChI is InChI=1S/C7H13N3O2S/c1-3-10-7(8)4-6(9-10)5-13(2,11)12/h4H,3,5,8H2,1-2H3. The smallest absolute Gasteiger partial charge is 0.153 e. The number of nitrogens with zero attached hydrogens (tertiary/aromatic N) is 2. The van der Waals surface area contributed by atoms with Crippen LogP contribution in [0.4, 0.5) is 5.82 Å². The summed E-state index contributed by atoms with van der Waals surface area (Å²) in [6, 6.07) is 1.59. The van der Waals surface area contributed by atoms with Crippen LogP contribution >= 0.6 is 0 Å². The highest BCUT2D eigenvalue weighted by atomic mass is 32.2. The zero-order chi connectivity index (χ0) is 10.1. The largest absolute Gasteiger partial charge is 0.384 e. The number of nitrogen functional groups attached to an aromatic ring is 1. The van der Waals surface area contributed by atoms with Gasteiger partial charge in [0.05, 0.1) is 11.4 Å². The van der Waals surface area contributed by atoms with Crippen LogP contribution in [0.5, 0.6) is 0 Å². The first-order chi connectivity index (χ1) is 5.92. The molecule has 1 aromatic heterocycles. The molecule has 2 N–H and O–H groups in total. The van der Waals surface area contributed by atoms with Gasteiger partial charge < -0.3 is 5.73 Å². The topological polar surface area (TPSA) is 78.0 Å². The molecule has 1 aromatic rings. The molecule has 0 fully saturated rings. The molecule has 5 nitrogen and oxygen atoms in total. The van der Waals surface area contributed by atoms with Gasteiger partial charge in [-0.05, 0) is 6.92 Å². The van der Waals surface area contributed by atoms with Crippen molar-refractivity contribution in [2.45, 2.75) is 19.2 Å². The quantitative estimate of drug-likeness (QED) is 0.751. The minimum absolute atomic E-state index is 0.0514. The fourth-order valence-electron chi connectivity index (χ4n) is 1.08.